The Morgan fingerprint density at radius 1 is 1.26 bits per heavy atom. The zero-order valence-corrected chi connectivity index (χ0v) is 17.4. The third-order valence-corrected chi connectivity index (χ3v) is 4.97. The maximum Gasteiger partial charge on any atom is 0.274 e. The highest BCUT2D eigenvalue weighted by Gasteiger charge is 2.50. The van der Waals surface area contributed by atoms with Gasteiger partial charge in [-0.25, -0.2) is 5.01 Å². The minimum absolute atomic E-state index is 0.114. The van der Waals surface area contributed by atoms with E-state index in [-0.39, 0.29) is 35.1 Å². The van der Waals surface area contributed by atoms with Gasteiger partial charge in [0.1, 0.15) is 17.2 Å². The summed E-state index contributed by atoms with van der Waals surface area (Å²) in [6.45, 7) is 3.34. The molecular weight excluding hydrogens is 428 g/mol. The zero-order valence-electron chi connectivity index (χ0n) is 16.6. The molecule has 2 aromatic carbocycles. The lowest BCUT2D eigenvalue weighted by molar-refractivity contribution is -0.386. The summed E-state index contributed by atoms with van der Waals surface area (Å²) in [4.78, 5) is 47.2. The summed E-state index contributed by atoms with van der Waals surface area (Å²) in [5.41, 5.74) is 3.01. The Morgan fingerprint density at radius 3 is 2.61 bits per heavy atom. The minimum Gasteiger partial charge on any atom is -0.493 e. The van der Waals surface area contributed by atoms with Crippen LogP contribution in [0.5, 0.6) is 5.75 Å². The van der Waals surface area contributed by atoms with E-state index in [1.54, 1.807) is 13.0 Å². The highest BCUT2D eigenvalue weighted by Crippen LogP contribution is 2.41. The molecule has 162 valence electrons. The number of carbonyl (C=O) groups is 3. The molecular formula is C20H19ClN4O6. The molecule has 0 bridgehead atoms. The SMILES string of the molecule is CCOc1cc(NC(C)=O)ccc1C(=O)NN1C(=O)C(Cl)C1c1ccccc1[N+](=O)[O-]. The van der Waals surface area contributed by atoms with Crippen molar-refractivity contribution in [2.75, 3.05) is 11.9 Å². The number of nitrogens with one attached hydrogen (secondary N) is 2. The number of halogens is 1. The van der Waals surface area contributed by atoms with E-state index in [4.69, 9.17) is 16.3 Å². The van der Waals surface area contributed by atoms with E-state index in [0.717, 1.165) is 5.01 Å². The predicted molar refractivity (Wildman–Crippen MR) is 112 cm³/mol. The van der Waals surface area contributed by atoms with E-state index < -0.39 is 28.2 Å². The van der Waals surface area contributed by atoms with Crippen LogP contribution in [0, 0.1) is 10.1 Å². The first-order chi connectivity index (χ1) is 14.7. The third-order valence-electron chi connectivity index (χ3n) is 4.55. The maximum atomic E-state index is 12.9. The smallest absolute Gasteiger partial charge is 0.274 e. The Balaban J connectivity index is 1.88. The number of hydrogen-bond acceptors (Lipinski definition) is 6. The van der Waals surface area contributed by atoms with Crippen molar-refractivity contribution in [2.24, 2.45) is 0 Å². The molecule has 1 aliphatic rings. The van der Waals surface area contributed by atoms with Crippen LogP contribution in [-0.4, -0.2) is 39.6 Å². The number of alkyl halides is 1. The van der Waals surface area contributed by atoms with Crippen molar-refractivity contribution >= 4 is 40.7 Å². The van der Waals surface area contributed by atoms with Crippen molar-refractivity contribution in [1.82, 2.24) is 10.4 Å². The predicted octanol–water partition coefficient (Wildman–Crippen LogP) is 2.79. The van der Waals surface area contributed by atoms with Crippen LogP contribution in [0.3, 0.4) is 0 Å². The van der Waals surface area contributed by atoms with Crippen LogP contribution in [0.15, 0.2) is 42.5 Å². The van der Waals surface area contributed by atoms with Gasteiger partial charge in [0.05, 0.1) is 22.7 Å². The van der Waals surface area contributed by atoms with Crippen LogP contribution in [0.25, 0.3) is 0 Å². The number of nitro groups is 1. The minimum atomic E-state index is -1.06. The summed E-state index contributed by atoms with van der Waals surface area (Å²) in [6, 6.07) is 9.40. The lowest BCUT2D eigenvalue weighted by Gasteiger charge is -2.43. The molecule has 0 radical (unpaired) electrons. The van der Waals surface area contributed by atoms with Crippen molar-refractivity contribution in [3.63, 3.8) is 0 Å². The zero-order chi connectivity index (χ0) is 22.7. The van der Waals surface area contributed by atoms with E-state index in [2.05, 4.69) is 10.7 Å². The fourth-order valence-electron chi connectivity index (χ4n) is 3.21. The van der Waals surface area contributed by atoms with E-state index >= 15 is 0 Å². The van der Waals surface area contributed by atoms with Crippen LogP contribution < -0.4 is 15.5 Å². The fraction of sp³-hybridized carbons (Fsp3) is 0.250. The Labute approximate surface area is 182 Å². The van der Waals surface area contributed by atoms with Crippen molar-refractivity contribution in [2.45, 2.75) is 25.3 Å². The molecule has 0 aromatic heterocycles. The largest absolute Gasteiger partial charge is 0.493 e. The first-order valence-corrected chi connectivity index (χ1v) is 9.74. The number of ether oxygens (including phenoxy) is 1. The highest BCUT2D eigenvalue weighted by atomic mass is 35.5. The molecule has 2 N–H and O–H groups in total. The van der Waals surface area contributed by atoms with Crippen molar-refractivity contribution in [3.05, 3.63) is 63.7 Å². The number of nitrogens with zero attached hydrogens (tertiary/aromatic N) is 2. The van der Waals surface area contributed by atoms with E-state index in [1.165, 1.54) is 43.3 Å². The molecule has 11 heteroatoms. The molecule has 1 fully saturated rings. The Kier molecular flexibility index (Phi) is 6.40. The van der Waals surface area contributed by atoms with Crippen LogP contribution in [-0.2, 0) is 9.59 Å². The van der Waals surface area contributed by atoms with Gasteiger partial charge < -0.3 is 10.1 Å². The molecule has 31 heavy (non-hydrogen) atoms. The maximum absolute atomic E-state index is 12.9. The van der Waals surface area contributed by atoms with Gasteiger partial charge in [0.2, 0.25) is 5.91 Å². The van der Waals surface area contributed by atoms with E-state index in [1.807, 2.05) is 0 Å². The van der Waals surface area contributed by atoms with Crippen molar-refractivity contribution in [3.8, 4) is 5.75 Å². The summed E-state index contributed by atoms with van der Waals surface area (Å²) < 4.78 is 5.49. The van der Waals surface area contributed by atoms with Crippen LogP contribution in [0.2, 0.25) is 0 Å². The molecule has 2 aromatic rings. The van der Waals surface area contributed by atoms with Crippen LogP contribution in [0.1, 0.15) is 35.8 Å². The van der Waals surface area contributed by atoms with Gasteiger partial charge in [-0.1, -0.05) is 12.1 Å². The number of rotatable bonds is 7. The number of anilines is 1. The molecule has 0 spiro atoms. The second-order valence-electron chi connectivity index (χ2n) is 6.64. The van der Waals surface area contributed by atoms with Gasteiger partial charge in [0, 0.05) is 24.7 Å². The van der Waals surface area contributed by atoms with Crippen molar-refractivity contribution in [1.29, 1.82) is 0 Å². The number of para-hydroxylation sites is 1. The number of benzene rings is 2. The molecule has 0 saturated carbocycles. The molecule has 3 rings (SSSR count). The number of β-lactam (4-membered cyclic amide) rings is 1. The van der Waals surface area contributed by atoms with Gasteiger partial charge in [0.25, 0.3) is 17.5 Å². The number of hydrogen-bond donors (Lipinski definition) is 2. The number of nitro benzene ring substituents is 1. The average molecular weight is 447 g/mol. The molecule has 2 unspecified atom stereocenters. The number of carbonyl (C=O) groups excluding carboxylic acids is 3. The summed E-state index contributed by atoms with van der Waals surface area (Å²) in [7, 11) is 0. The fourth-order valence-corrected chi connectivity index (χ4v) is 3.57. The lowest BCUT2D eigenvalue weighted by atomic mass is 9.94. The summed E-state index contributed by atoms with van der Waals surface area (Å²) >= 11 is 6.12. The topological polar surface area (TPSA) is 131 Å². The van der Waals surface area contributed by atoms with Gasteiger partial charge in [0.15, 0.2) is 0 Å². The molecule has 0 aliphatic carbocycles. The summed E-state index contributed by atoms with van der Waals surface area (Å²) in [5, 5.41) is 13.9. The van der Waals surface area contributed by atoms with Gasteiger partial charge in [-0.2, -0.15) is 0 Å². The second-order valence-corrected chi connectivity index (χ2v) is 7.11. The van der Waals surface area contributed by atoms with Gasteiger partial charge in [-0.05, 0) is 25.1 Å². The first-order valence-electron chi connectivity index (χ1n) is 9.30. The lowest BCUT2D eigenvalue weighted by Crippen LogP contribution is -2.63. The highest BCUT2D eigenvalue weighted by molar-refractivity contribution is 6.33. The molecule has 3 amide bonds. The number of amides is 3. The van der Waals surface area contributed by atoms with Crippen LogP contribution in [0.4, 0.5) is 11.4 Å². The first kappa shape index (κ1) is 22.0. The second kappa shape index (κ2) is 9.00. The molecule has 1 aliphatic heterocycles. The Morgan fingerprint density at radius 2 is 1.97 bits per heavy atom. The van der Waals surface area contributed by atoms with Gasteiger partial charge in [-0.15, -0.1) is 11.6 Å². The monoisotopic (exact) mass is 446 g/mol. The van der Waals surface area contributed by atoms with E-state index in [0.29, 0.717) is 5.69 Å². The Hall–Kier alpha value is -3.66. The van der Waals surface area contributed by atoms with Crippen molar-refractivity contribution < 1.29 is 24.0 Å². The van der Waals surface area contributed by atoms with Gasteiger partial charge >= 0.3 is 0 Å². The standard InChI is InChI=1S/C20H19ClN4O6/c1-3-31-16-10-12(22-11(2)26)8-9-14(16)19(27)23-24-18(17(21)20(24)28)13-6-4-5-7-15(13)25(29)30/h4-10,17-18H,3H2,1-2H3,(H,22,26)(H,23,27). The molecule has 1 saturated heterocycles. The molecule has 2 atom stereocenters. The molecule has 1 heterocycles. The normalized spacial score (nSPS) is 17.5. The van der Waals surface area contributed by atoms with Crippen LogP contribution >= 0.6 is 11.6 Å². The van der Waals surface area contributed by atoms with E-state index in [9.17, 15) is 24.5 Å². The van der Waals surface area contributed by atoms with Gasteiger partial charge in [-0.3, -0.25) is 29.9 Å². The third kappa shape index (κ3) is 4.43. The summed E-state index contributed by atoms with van der Waals surface area (Å²) in [6.07, 6.45) is 0. The Bertz CT molecular complexity index is 1060. The summed E-state index contributed by atoms with van der Waals surface area (Å²) in [5.74, 6) is -1.35. The number of hydrazine groups is 1. The quantitative estimate of drug-likeness (QED) is 0.291. The average Bonchev–Trinajstić information content (AvgIpc) is 2.73. The molecule has 10 nitrogen and oxygen atoms in total.